The first kappa shape index (κ1) is 13.3. The summed E-state index contributed by atoms with van der Waals surface area (Å²) < 4.78 is 0. The third kappa shape index (κ3) is 2.83. The lowest BCUT2D eigenvalue weighted by Crippen LogP contribution is -2.52. The molecule has 2 saturated heterocycles. The normalized spacial score (nSPS) is 33.2. The van der Waals surface area contributed by atoms with Gasteiger partial charge in [-0.1, -0.05) is 0 Å². The van der Waals surface area contributed by atoms with Crippen molar-refractivity contribution in [2.24, 2.45) is 17.6 Å². The van der Waals surface area contributed by atoms with Crippen LogP contribution in [-0.4, -0.2) is 42.4 Å². The van der Waals surface area contributed by atoms with E-state index in [0.717, 1.165) is 38.8 Å². The Balaban J connectivity index is 2.00. The van der Waals surface area contributed by atoms with Gasteiger partial charge in [-0.3, -0.25) is 9.59 Å². The first-order chi connectivity index (χ1) is 8.59. The summed E-state index contributed by atoms with van der Waals surface area (Å²) in [4.78, 5) is 25.6. The van der Waals surface area contributed by atoms with Gasteiger partial charge in [-0.2, -0.15) is 0 Å². The molecule has 3 N–H and O–H groups in total. The lowest BCUT2D eigenvalue weighted by molar-refractivity contribution is -0.142. The Kier molecular flexibility index (Phi) is 4.22. The summed E-state index contributed by atoms with van der Waals surface area (Å²) in [6, 6.07) is 0.232. The summed E-state index contributed by atoms with van der Waals surface area (Å²) in [5, 5.41) is 3.26. The highest BCUT2D eigenvalue weighted by molar-refractivity contribution is 5.82. The zero-order valence-electron chi connectivity index (χ0n) is 11.0. The highest BCUT2D eigenvalue weighted by atomic mass is 16.2. The van der Waals surface area contributed by atoms with Crippen molar-refractivity contribution in [3.63, 3.8) is 0 Å². The fourth-order valence-electron chi connectivity index (χ4n) is 2.94. The van der Waals surface area contributed by atoms with E-state index >= 15 is 0 Å². The molecule has 5 nitrogen and oxygen atoms in total. The number of primary amides is 1. The maximum absolute atomic E-state index is 12.5. The van der Waals surface area contributed by atoms with Crippen LogP contribution in [0.3, 0.4) is 0 Å². The van der Waals surface area contributed by atoms with Gasteiger partial charge in [0.15, 0.2) is 0 Å². The maximum atomic E-state index is 12.5. The standard InChI is InChI=1S/C13H23N3O2/c1-9-4-5-11(12(14)17)8-16(9)13(18)10-3-2-6-15-7-10/h9-11,15H,2-8H2,1H3,(H2,14,17)/t9?,10-,11?/m0/s1. The molecule has 2 rings (SSSR count). The van der Waals surface area contributed by atoms with Gasteiger partial charge in [-0.05, 0) is 39.2 Å². The molecule has 2 aliphatic rings. The van der Waals surface area contributed by atoms with E-state index in [1.165, 1.54) is 0 Å². The summed E-state index contributed by atoms with van der Waals surface area (Å²) in [5.41, 5.74) is 5.36. The number of piperidine rings is 2. The predicted molar refractivity (Wildman–Crippen MR) is 68.7 cm³/mol. The summed E-state index contributed by atoms with van der Waals surface area (Å²) in [5.74, 6) is -0.170. The van der Waals surface area contributed by atoms with Gasteiger partial charge in [-0.15, -0.1) is 0 Å². The van der Waals surface area contributed by atoms with E-state index in [0.29, 0.717) is 6.54 Å². The Morgan fingerprint density at radius 1 is 1.22 bits per heavy atom. The number of nitrogens with zero attached hydrogens (tertiary/aromatic N) is 1. The van der Waals surface area contributed by atoms with Crippen molar-refractivity contribution in [1.82, 2.24) is 10.2 Å². The molecule has 0 spiro atoms. The van der Waals surface area contributed by atoms with Crippen molar-refractivity contribution in [2.75, 3.05) is 19.6 Å². The van der Waals surface area contributed by atoms with Gasteiger partial charge in [0.2, 0.25) is 11.8 Å². The van der Waals surface area contributed by atoms with Crippen LogP contribution in [0.1, 0.15) is 32.6 Å². The Bertz CT molecular complexity index is 326. The average Bonchev–Trinajstić information content (AvgIpc) is 2.39. The molecule has 2 fully saturated rings. The van der Waals surface area contributed by atoms with Crippen molar-refractivity contribution in [3.8, 4) is 0 Å². The molecule has 102 valence electrons. The fourth-order valence-corrected chi connectivity index (χ4v) is 2.94. The number of likely N-dealkylation sites (tertiary alicyclic amines) is 1. The minimum atomic E-state index is -0.276. The van der Waals surface area contributed by atoms with E-state index in [1.807, 2.05) is 4.90 Å². The molecular formula is C13H23N3O2. The van der Waals surface area contributed by atoms with Crippen molar-refractivity contribution >= 4 is 11.8 Å². The molecule has 2 unspecified atom stereocenters. The first-order valence-corrected chi connectivity index (χ1v) is 6.90. The zero-order chi connectivity index (χ0) is 13.1. The number of carbonyl (C=O) groups excluding carboxylic acids is 2. The third-order valence-corrected chi connectivity index (χ3v) is 4.21. The topological polar surface area (TPSA) is 75.4 Å². The van der Waals surface area contributed by atoms with Crippen LogP contribution in [-0.2, 0) is 9.59 Å². The number of nitrogens with two attached hydrogens (primary N) is 1. The van der Waals surface area contributed by atoms with Crippen LogP contribution in [0.15, 0.2) is 0 Å². The molecule has 3 atom stereocenters. The lowest BCUT2D eigenvalue weighted by Gasteiger charge is -2.39. The van der Waals surface area contributed by atoms with Crippen molar-refractivity contribution in [1.29, 1.82) is 0 Å². The molecule has 2 heterocycles. The number of hydrogen-bond acceptors (Lipinski definition) is 3. The van der Waals surface area contributed by atoms with Gasteiger partial charge in [0.1, 0.15) is 0 Å². The number of nitrogens with one attached hydrogen (secondary N) is 1. The molecule has 0 aromatic heterocycles. The predicted octanol–water partition coefficient (Wildman–Crippen LogP) is 0.0984. The van der Waals surface area contributed by atoms with Crippen LogP contribution in [0, 0.1) is 11.8 Å². The summed E-state index contributed by atoms with van der Waals surface area (Å²) in [7, 11) is 0. The number of hydrogen-bond donors (Lipinski definition) is 2. The minimum absolute atomic E-state index is 0.0767. The minimum Gasteiger partial charge on any atom is -0.369 e. The van der Waals surface area contributed by atoms with Gasteiger partial charge in [-0.25, -0.2) is 0 Å². The molecule has 2 amide bonds. The highest BCUT2D eigenvalue weighted by Crippen LogP contribution is 2.25. The largest absolute Gasteiger partial charge is 0.369 e. The van der Waals surface area contributed by atoms with Gasteiger partial charge in [0.05, 0.1) is 11.8 Å². The van der Waals surface area contributed by atoms with Crippen LogP contribution in [0.5, 0.6) is 0 Å². The van der Waals surface area contributed by atoms with E-state index in [4.69, 9.17) is 5.73 Å². The second-order valence-electron chi connectivity index (χ2n) is 5.56. The van der Waals surface area contributed by atoms with Crippen molar-refractivity contribution in [2.45, 2.75) is 38.6 Å². The van der Waals surface area contributed by atoms with Crippen LogP contribution in [0.4, 0.5) is 0 Å². The quantitative estimate of drug-likeness (QED) is 0.733. The number of carbonyl (C=O) groups is 2. The van der Waals surface area contributed by atoms with Crippen LogP contribution < -0.4 is 11.1 Å². The first-order valence-electron chi connectivity index (χ1n) is 6.90. The Morgan fingerprint density at radius 3 is 2.61 bits per heavy atom. The molecule has 0 saturated carbocycles. The smallest absolute Gasteiger partial charge is 0.227 e. The molecule has 2 aliphatic heterocycles. The Labute approximate surface area is 108 Å². The third-order valence-electron chi connectivity index (χ3n) is 4.21. The van der Waals surface area contributed by atoms with E-state index in [9.17, 15) is 9.59 Å². The highest BCUT2D eigenvalue weighted by Gasteiger charge is 2.34. The van der Waals surface area contributed by atoms with E-state index < -0.39 is 0 Å². The van der Waals surface area contributed by atoms with Crippen LogP contribution in [0.2, 0.25) is 0 Å². The monoisotopic (exact) mass is 253 g/mol. The summed E-state index contributed by atoms with van der Waals surface area (Å²) in [6.07, 6.45) is 3.69. The molecule has 18 heavy (non-hydrogen) atoms. The lowest BCUT2D eigenvalue weighted by atomic mass is 9.90. The van der Waals surface area contributed by atoms with E-state index in [2.05, 4.69) is 12.2 Å². The molecule has 0 aromatic rings. The number of rotatable bonds is 2. The van der Waals surface area contributed by atoms with E-state index in [1.54, 1.807) is 0 Å². The van der Waals surface area contributed by atoms with Crippen molar-refractivity contribution < 1.29 is 9.59 Å². The van der Waals surface area contributed by atoms with Gasteiger partial charge < -0.3 is 16.0 Å². The van der Waals surface area contributed by atoms with Crippen LogP contribution >= 0.6 is 0 Å². The second-order valence-corrected chi connectivity index (χ2v) is 5.56. The number of amides is 2. The SMILES string of the molecule is CC1CCC(C(N)=O)CN1C(=O)[C@H]1CCCNC1. The van der Waals surface area contributed by atoms with E-state index in [-0.39, 0.29) is 29.7 Å². The molecule has 0 radical (unpaired) electrons. The second kappa shape index (κ2) is 5.69. The molecular weight excluding hydrogens is 230 g/mol. The zero-order valence-corrected chi connectivity index (χ0v) is 11.0. The molecule has 0 aromatic carbocycles. The van der Waals surface area contributed by atoms with Crippen molar-refractivity contribution in [3.05, 3.63) is 0 Å². The Hall–Kier alpha value is -1.10. The molecule has 5 heteroatoms. The summed E-state index contributed by atoms with van der Waals surface area (Å²) in [6.45, 7) is 4.34. The van der Waals surface area contributed by atoms with Gasteiger partial charge in [0, 0.05) is 19.1 Å². The Morgan fingerprint density at radius 2 is 2.00 bits per heavy atom. The molecule has 0 aliphatic carbocycles. The van der Waals surface area contributed by atoms with Crippen LogP contribution in [0.25, 0.3) is 0 Å². The maximum Gasteiger partial charge on any atom is 0.227 e. The fraction of sp³-hybridized carbons (Fsp3) is 0.846. The van der Waals surface area contributed by atoms with Gasteiger partial charge >= 0.3 is 0 Å². The molecule has 0 bridgehead atoms. The average molecular weight is 253 g/mol. The summed E-state index contributed by atoms with van der Waals surface area (Å²) >= 11 is 0. The van der Waals surface area contributed by atoms with Gasteiger partial charge in [0.25, 0.3) is 0 Å².